The number of benzene rings is 1. The number of nitrogens with two attached hydrogens (primary N) is 1. The van der Waals surface area contributed by atoms with Crippen molar-refractivity contribution in [1.82, 2.24) is 4.31 Å². The number of halogens is 3. The van der Waals surface area contributed by atoms with E-state index in [4.69, 9.17) is 5.73 Å². The Morgan fingerprint density at radius 1 is 1.28 bits per heavy atom. The second kappa shape index (κ2) is 5.48. The van der Waals surface area contributed by atoms with Crippen molar-refractivity contribution in [3.05, 3.63) is 29.8 Å². The molecule has 1 aromatic rings. The molecule has 0 amide bonds. The minimum atomic E-state index is -4.13. The van der Waals surface area contributed by atoms with Crippen molar-refractivity contribution in [1.29, 1.82) is 0 Å². The predicted octanol–water partition coefficient (Wildman–Crippen LogP) is 1.11. The molecule has 102 valence electrons. The van der Waals surface area contributed by atoms with E-state index in [0.29, 0.717) is 6.42 Å². The molecular weight excluding hydrogens is 286 g/mol. The van der Waals surface area contributed by atoms with Gasteiger partial charge in [-0.1, -0.05) is 6.07 Å². The lowest BCUT2D eigenvalue weighted by Crippen LogP contribution is -2.33. The predicted molar refractivity (Wildman–Crippen MR) is 65.0 cm³/mol. The van der Waals surface area contributed by atoms with Gasteiger partial charge in [-0.15, -0.1) is 12.4 Å². The first kappa shape index (κ1) is 15.3. The highest BCUT2D eigenvalue weighted by Gasteiger charge is 2.34. The van der Waals surface area contributed by atoms with Crippen LogP contribution in [0.25, 0.3) is 0 Å². The Morgan fingerprint density at radius 3 is 2.28 bits per heavy atom. The topological polar surface area (TPSA) is 63.4 Å². The third-order valence-electron chi connectivity index (χ3n) is 2.70. The standard InChI is InChI=1S/C10H12F2N2O2S.ClH/c11-8-2-1-3-9(12)10(8)17(15,16)14-5-4-7(13)6-14;/h1-3,7H,4-6,13H2;1H. The highest BCUT2D eigenvalue weighted by atomic mass is 35.5. The zero-order valence-corrected chi connectivity index (χ0v) is 11.0. The molecule has 0 radical (unpaired) electrons. The highest BCUT2D eigenvalue weighted by molar-refractivity contribution is 7.89. The van der Waals surface area contributed by atoms with Crippen molar-refractivity contribution in [3.8, 4) is 0 Å². The summed E-state index contributed by atoms with van der Waals surface area (Å²) in [7, 11) is -4.13. The van der Waals surface area contributed by atoms with Gasteiger partial charge in [-0.2, -0.15) is 4.31 Å². The van der Waals surface area contributed by atoms with Gasteiger partial charge in [0.2, 0.25) is 10.0 Å². The van der Waals surface area contributed by atoms with Gasteiger partial charge in [0, 0.05) is 19.1 Å². The van der Waals surface area contributed by atoms with Crippen LogP contribution in [-0.2, 0) is 10.0 Å². The van der Waals surface area contributed by atoms with Crippen LogP contribution in [0.2, 0.25) is 0 Å². The lowest BCUT2D eigenvalue weighted by atomic mass is 10.3. The Hall–Kier alpha value is -0.760. The molecule has 1 atom stereocenters. The molecule has 18 heavy (non-hydrogen) atoms. The molecule has 0 aliphatic carbocycles. The van der Waals surface area contributed by atoms with E-state index in [1.165, 1.54) is 0 Å². The third-order valence-corrected chi connectivity index (χ3v) is 4.62. The summed E-state index contributed by atoms with van der Waals surface area (Å²) in [6.45, 7) is 0.285. The molecule has 1 unspecified atom stereocenters. The fourth-order valence-electron chi connectivity index (χ4n) is 1.83. The molecule has 0 aromatic heterocycles. The molecular formula is C10H13ClF2N2O2S. The Kier molecular flexibility index (Phi) is 4.66. The molecule has 2 N–H and O–H groups in total. The zero-order chi connectivity index (χ0) is 12.6. The minimum absolute atomic E-state index is 0. The average Bonchev–Trinajstić information content (AvgIpc) is 2.64. The Morgan fingerprint density at radius 2 is 1.83 bits per heavy atom. The van der Waals surface area contributed by atoms with Gasteiger partial charge < -0.3 is 5.73 Å². The van der Waals surface area contributed by atoms with Crippen LogP contribution in [0, 0.1) is 11.6 Å². The van der Waals surface area contributed by atoms with Gasteiger partial charge in [0.05, 0.1) is 0 Å². The first-order chi connectivity index (χ1) is 7.93. The van der Waals surface area contributed by atoms with Crippen LogP contribution in [0.5, 0.6) is 0 Å². The van der Waals surface area contributed by atoms with Gasteiger partial charge in [-0.3, -0.25) is 0 Å². The van der Waals surface area contributed by atoms with Gasteiger partial charge in [0.25, 0.3) is 0 Å². The van der Waals surface area contributed by atoms with E-state index < -0.39 is 26.6 Å². The number of sulfonamides is 1. The van der Waals surface area contributed by atoms with E-state index in [0.717, 1.165) is 22.5 Å². The largest absolute Gasteiger partial charge is 0.326 e. The van der Waals surface area contributed by atoms with Crippen LogP contribution >= 0.6 is 12.4 Å². The van der Waals surface area contributed by atoms with E-state index in [1.54, 1.807) is 0 Å². The fraction of sp³-hybridized carbons (Fsp3) is 0.400. The quantitative estimate of drug-likeness (QED) is 0.889. The van der Waals surface area contributed by atoms with E-state index in [2.05, 4.69) is 0 Å². The van der Waals surface area contributed by atoms with Gasteiger partial charge in [0.1, 0.15) is 11.6 Å². The van der Waals surface area contributed by atoms with Crippen molar-refractivity contribution < 1.29 is 17.2 Å². The van der Waals surface area contributed by atoms with Crippen molar-refractivity contribution >= 4 is 22.4 Å². The van der Waals surface area contributed by atoms with Crippen LogP contribution in [0.4, 0.5) is 8.78 Å². The maximum absolute atomic E-state index is 13.4. The molecule has 0 spiro atoms. The summed E-state index contributed by atoms with van der Waals surface area (Å²) in [5, 5.41) is 0. The molecule has 0 bridgehead atoms. The summed E-state index contributed by atoms with van der Waals surface area (Å²) in [6.07, 6.45) is 0.495. The Labute approximate surface area is 110 Å². The molecule has 1 fully saturated rings. The number of hydrogen-bond donors (Lipinski definition) is 1. The minimum Gasteiger partial charge on any atom is -0.326 e. The van der Waals surface area contributed by atoms with Crippen molar-refractivity contribution in [2.75, 3.05) is 13.1 Å². The normalized spacial score (nSPS) is 20.7. The SMILES string of the molecule is Cl.NC1CCN(S(=O)(=O)c2c(F)cccc2F)C1. The monoisotopic (exact) mass is 298 g/mol. The number of hydrogen-bond acceptors (Lipinski definition) is 3. The maximum atomic E-state index is 13.4. The molecule has 1 aliphatic heterocycles. The summed E-state index contributed by atoms with van der Waals surface area (Å²) in [6, 6.07) is 2.69. The lowest BCUT2D eigenvalue weighted by Gasteiger charge is -2.16. The molecule has 1 aromatic carbocycles. The summed E-state index contributed by atoms with van der Waals surface area (Å²) in [5.41, 5.74) is 5.58. The lowest BCUT2D eigenvalue weighted by molar-refractivity contribution is 0.452. The van der Waals surface area contributed by atoms with E-state index in [1.807, 2.05) is 0 Å². The second-order valence-corrected chi connectivity index (χ2v) is 5.84. The van der Waals surface area contributed by atoms with Gasteiger partial charge in [-0.25, -0.2) is 17.2 Å². The van der Waals surface area contributed by atoms with Crippen molar-refractivity contribution in [2.24, 2.45) is 5.73 Å². The molecule has 1 saturated heterocycles. The maximum Gasteiger partial charge on any atom is 0.248 e. The zero-order valence-electron chi connectivity index (χ0n) is 9.34. The Bertz CT molecular complexity index is 518. The molecule has 8 heteroatoms. The summed E-state index contributed by atoms with van der Waals surface area (Å²) < 4.78 is 51.9. The molecule has 0 saturated carbocycles. The van der Waals surface area contributed by atoms with E-state index in [9.17, 15) is 17.2 Å². The fourth-order valence-corrected chi connectivity index (χ4v) is 3.45. The molecule has 1 aliphatic rings. The van der Waals surface area contributed by atoms with Crippen LogP contribution in [0.3, 0.4) is 0 Å². The molecule has 1 heterocycles. The van der Waals surface area contributed by atoms with Gasteiger partial charge in [0.15, 0.2) is 4.90 Å². The number of nitrogens with zero attached hydrogens (tertiary/aromatic N) is 1. The van der Waals surface area contributed by atoms with Crippen molar-refractivity contribution in [2.45, 2.75) is 17.4 Å². The van der Waals surface area contributed by atoms with Crippen LogP contribution in [0.15, 0.2) is 23.1 Å². The molecule has 2 rings (SSSR count). The van der Waals surface area contributed by atoms with Crippen LogP contribution in [0.1, 0.15) is 6.42 Å². The first-order valence-electron chi connectivity index (χ1n) is 5.12. The third kappa shape index (κ3) is 2.64. The van der Waals surface area contributed by atoms with Gasteiger partial charge in [-0.05, 0) is 18.6 Å². The number of rotatable bonds is 2. The first-order valence-corrected chi connectivity index (χ1v) is 6.56. The highest BCUT2D eigenvalue weighted by Crippen LogP contribution is 2.25. The average molecular weight is 299 g/mol. The van der Waals surface area contributed by atoms with Crippen molar-refractivity contribution in [3.63, 3.8) is 0 Å². The second-order valence-electron chi connectivity index (χ2n) is 3.96. The summed E-state index contributed by atoms with van der Waals surface area (Å²) >= 11 is 0. The van der Waals surface area contributed by atoms with Crippen LogP contribution < -0.4 is 5.73 Å². The Balaban J connectivity index is 0.00000162. The summed E-state index contributed by atoms with van der Waals surface area (Å²) in [4.78, 5) is -0.894. The summed E-state index contributed by atoms with van der Waals surface area (Å²) in [5.74, 6) is -2.16. The van der Waals surface area contributed by atoms with E-state index >= 15 is 0 Å². The smallest absolute Gasteiger partial charge is 0.248 e. The van der Waals surface area contributed by atoms with Gasteiger partial charge >= 0.3 is 0 Å². The van der Waals surface area contributed by atoms with E-state index in [-0.39, 0.29) is 31.5 Å². The molecule has 4 nitrogen and oxygen atoms in total. The van der Waals surface area contributed by atoms with Crippen LogP contribution in [-0.4, -0.2) is 31.9 Å².